The Hall–Kier alpha value is -1.88. The zero-order valence-corrected chi connectivity index (χ0v) is 12.7. The maximum Gasteiger partial charge on any atom is 0.340 e. The minimum Gasteiger partial charge on any atom is -0.462 e. The molecule has 1 N–H and O–H groups in total. The van der Waals surface area contributed by atoms with Crippen LogP contribution in [0.2, 0.25) is 0 Å². The number of aromatic nitrogens is 2. The number of carbonyl (C=O) groups is 1. The zero-order chi connectivity index (χ0) is 15.4. The Bertz CT molecular complexity index is 621. The number of fused-ring (bicyclic) bond motifs is 1. The molecule has 0 aliphatic heterocycles. The Balaban J connectivity index is 2.47. The maximum atomic E-state index is 12.1. The summed E-state index contributed by atoms with van der Waals surface area (Å²) in [5.74, 6) is 0.157. The fourth-order valence-electron chi connectivity index (χ4n) is 2.51. The summed E-state index contributed by atoms with van der Waals surface area (Å²) in [6.07, 6.45) is 2.42. The minimum absolute atomic E-state index is 0.160. The summed E-state index contributed by atoms with van der Waals surface area (Å²) in [6, 6.07) is 5.54. The Labute approximate surface area is 124 Å². The molecule has 114 valence electrons. The summed E-state index contributed by atoms with van der Waals surface area (Å²) in [5, 5.41) is 13.5. The summed E-state index contributed by atoms with van der Waals surface area (Å²) in [5.41, 5.74) is 2.27. The number of nitrogens with zero attached hydrogens (tertiary/aromatic N) is 2. The van der Waals surface area contributed by atoms with Gasteiger partial charge in [-0.1, -0.05) is 13.8 Å². The van der Waals surface area contributed by atoms with Crippen LogP contribution in [0.15, 0.2) is 24.4 Å². The SMILES string of the molecule is CCOC(=O)c1cc(C(C)C(C)CCO)n2ncccc12. The van der Waals surface area contributed by atoms with E-state index in [4.69, 9.17) is 9.84 Å². The largest absolute Gasteiger partial charge is 0.462 e. The van der Waals surface area contributed by atoms with E-state index < -0.39 is 0 Å². The van der Waals surface area contributed by atoms with Gasteiger partial charge < -0.3 is 9.84 Å². The summed E-state index contributed by atoms with van der Waals surface area (Å²) >= 11 is 0. The van der Waals surface area contributed by atoms with Crippen LogP contribution >= 0.6 is 0 Å². The molecule has 0 bridgehead atoms. The smallest absolute Gasteiger partial charge is 0.340 e. The van der Waals surface area contributed by atoms with Crippen LogP contribution in [0.25, 0.3) is 5.52 Å². The first-order valence-corrected chi connectivity index (χ1v) is 7.34. The molecule has 2 aromatic heterocycles. The van der Waals surface area contributed by atoms with Crippen LogP contribution in [0.1, 0.15) is 49.2 Å². The average molecular weight is 290 g/mol. The molecule has 2 rings (SSSR count). The molecule has 0 aromatic carbocycles. The molecule has 0 saturated heterocycles. The van der Waals surface area contributed by atoms with E-state index in [0.717, 1.165) is 17.6 Å². The highest BCUT2D eigenvalue weighted by atomic mass is 16.5. The molecule has 0 radical (unpaired) electrons. The van der Waals surface area contributed by atoms with E-state index in [-0.39, 0.29) is 18.5 Å². The van der Waals surface area contributed by atoms with Gasteiger partial charge >= 0.3 is 5.97 Å². The van der Waals surface area contributed by atoms with Crippen molar-refractivity contribution in [2.45, 2.75) is 33.1 Å². The van der Waals surface area contributed by atoms with Gasteiger partial charge in [-0.05, 0) is 37.5 Å². The van der Waals surface area contributed by atoms with Gasteiger partial charge in [0.25, 0.3) is 0 Å². The summed E-state index contributed by atoms with van der Waals surface area (Å²) < 4.78 is 6.91. The van der Waals surface area contributed by atoms with Gasteiger partial charge in [-0.2, -0.15) is 5.10 Å². The Morgan fingerprint density at radius 1 is 1.48 bits per heavy atom. The molecule has 0 aliphatic carbocycles. The molecule has 0 spiro atoms. The number of rotatable bonds is 6. The standard InChI is InChI=1S/C16H22N2O3/c1-4-21-16(20)13-10-15(12(3)11(2)7-9-19)18-14(13)6-5-8-17-18/h5-6,8,10-12,19H,4,7,9H2,1-3H3. The highest BCUT2D eigenvalue weighted by Gasteiger charge is 2.23. The van der Waals surface area contributed by atoms with Gasteiger partial charge in [-0.25, -0.2) is 9.31 Å². The Kier molecular flexibility index (Phi) is 4.96. The van der Waals surface area contributed by atoms with Crippen LogP contribution in [0.5, 0.6) is 0 Å². The number of ether oxygens (including phenoxy) is 1. The van der Waals surface area contributed by atoms with Crippen molar-refractivity contribution in [3.63, 3.8) is 0 Å². The van der Waals surface area contributed by atoms with Crippen molar-refractivity contribution >= 4 is 11.5 Å². The number of aliphatic hydroxyl groups is 1. The lowest BCUT2D eigenvalue weighted by Gasteiger charge is -2.18. The second-order valence-corrected chi connectivity index (χ2v) is 5.30. The van der Waals surface area contributed by atoms with Gasteiger partial charge in [0, 0.05) is 24.4 Å². The first-order chi connectivity index (χ1) is 10.1. The van der Waals surface area contributed by atoms with E-state index in [1.807, 2.05) is 18.2 Å². The zero-order valence-electron chi connectivity index (χ0n) is 12.7. The van der Waals surface area contributed by atoms with Crippen LogP contribution in [0.3, 0.4) is 0 Å². The number of carbonyl (C=O) groups excluding carboxylic acids is 1. The third-order valence-corrected chi connectivity index (χ3v) is 3.96. The molecule has 5 heteroatoms. The minimum atomic E-state index is -0.323. The lowest BCUT2D eigenvalue weighted by atomic mass is 9.90. The van der Waals surface area contributed by atoms with Crippen molar-refractivity contribution in [3.8, 4) is 0 Å². The van der Waals surface area contributed by atoms with Gasteiger partial charge in [0.1, 0.15) is 0 Å². The van der Waals surface area contributed by atoms with Crippen LogP contribution in [-0.4, -0.2) is 33.9 Å². The molecule has 2 aromatic rings. The van der Waals surface area contributed by atoms with Gasteiger partial charge in [0.05, 0.1) is 17.7 Å². The second-order valence-electron chi connectivity index (χ2n) is 5.30. The monoisotopic (exact) mass is 290 g/mol. The van der Waals surface area contributed by atoms with Crippen LogP contribution in [0, 0.1) is 5.92 Å². The number of hydrogen-bond acceptors (Lipinski definition) is 4. The molecule has 0 fully saturated rings. The van der Waals surface area contributed by atoms with E-state index in [1.165, 1.54) is 0 Å². The normalized spacial score (nSPS) is 14.1. The molecule has 2 unspecified atom stereocenters. The maximum absolute atomic E-state index is 12.1. The van der Waals surface area contributed by atoms with E-state index >= 15 is 0 Å². The van der Waals surface area contributed by atoms with Crippen LogP contribution in [-0.2, 0) is 4.74 Å². The van der Waals surface area contributed by atoms with E-state index in [9.17, 15) is 4.79 Å². The van der Waals surface area contributed by atoms with Crippen molar-refractivity contribution in [2.24, 2.45) is 5.92 Å². The fourth-order valence-corrected chi connectivity index (χ4v) is 2.51. The summed E-state index contributed by atoms with van der Waals surface area (Å²) in [7, 11) is 0. The second kappa shape index (κ2) is 6.72. The molecule has 2 atom stereocenters. The quantitative estimate of drug-likeness (QED) is 0.831. The Morgan fingerprint density at radius 3 is 2.90 bits per heavy atom. The van der Waals surface area contributed by atoms with E-state index in [0.29, 0.717) is 18.1 Å². The lowest BCUT2D eigenvalue weighted by molar-refractivity contribution is 0.0528. The summed E-state index contributed by atoms with van der Waals surface area (Å²) in [6.45, 7) is 6.48. The molecule has 21 heavy (non-hydrogen) atoms. The van der Waals surface area contributed by atoms with Crippen molar-refractivity contribution in [1.29, 1.82) is 0 Å². The number of hydrogen-bond donors (Lipinski definition) is 1. The van der Waals surface area contributed by atoms with E-state index in [2.05, 4.69) is 18.9 Å². The van der Waals surface area contributed by atoms with Crippen molar-refractivity contribution in [2.75, 3.05) is 13.2 Å². The number of esters is 1. The highest BCUT2D eigenvalue weighted by Crippen LogP contribution is 2.29. The van der Waals surface area contributed by atoms with Gasteiger partial charge in [0.15, 0.2) is 0 Å². The molecule has 0 amide bonds. The van der Waals surface area contributed by atoms with Crippen molar-refractivity contribution in [3.05, 3.63) is 35.7 Å². The summed E-state index contributed by atoms with van der Waals surface area (Å²) in [4.78, 5) is 12.1. The molecule has 2 heterocycles. The van der Waals surface area contributed by atoms with Crippen LogP contribution < -0.4 is 0 Å². The van der Waals surface area contributed by atoms with Gasteiger partial charge in [-0.3, -0.25) is 0 Å². The fraction of sp³-hybridized carbons (Fsp3) is 0.500. The van der Waals surface area contributed by atoms with Crippen molar-refractivity contribution < 1.29 is 14.6 Å². The Morgan fingerprint density at radius 2 is 2.24 bits per heavy atom. The lowest BCUT2D eigenvalue weighted by Crippen LogP contribution is -2.11. The third kappa shape index (κ3) is 3.08. The van der Waals surface area contributed by atoms with E-state index in [1.54, 1.807) is 17.6 Å². The first kappa shape index (κ1) is 15.5. The first-order valence-electron chi connectivity index (χ1n) is 7.34. The predicted molar refractivity (Wildman–Crippen MR) is 80.4 cm³/mol. The molecular weight excluding hydrogens is 268 g/mol. The van der Waals surface area contributed by atoms with Gasteiger partial charge in [0.2, 0.25) is 0 Å². The number of aliphatic hydroxyl groups excluding tert-OH is 1. The van der Waals surface area contributed by atoms with Crippen LogP contribution in [0.4, 0.5) is 0 Å². The third-order valence-electron chi connectivity index (χ3n) is 3.96. The molecule has 0 saturated carbocycles. The average Bonchev–Trinajstić information content (AvgIpc) is 2.86. The van der Waals surface area contributed by atoms with Gasteiger partial charge in [-0.15, -0.1) is 0 Å². The molecule has 0 aliphatic rings. The molecular formula is C16H22N2O3. The highest BCUT2D eigenvalue weighted by molar-refractivity contribution is 5.97. The van der Waals surface area contributed by atoms with Crippen molar-refractivity contribution in [1.82, 2.24) is 9.61 Å². The predicted octanol–water partition coefficient (Wildman–Crippen LogP) is 2.63. The topological polar surface area (TPSA) is 63.8 Å². The molecule has 5 nitrogen and oxygen atoms in total.